The first kappa shape index (κ1) is 22.0. The molecule has 2 aromatic carbocycles. The monoisotopic (exact) mass is 434 g/mol. The van der Waals surface area contributed by atoms with Crippen molar-refractivity contribution in [2.75, 3.05) is 26.7 Å². The summed E-state index contributed by atoms with van der Waals surface area (Å²) in [7, 11) is 1.69. The molecule has 1 atom stereocenters. The van der Waals surface area contributed by atoms with Crippen LogP contribution in [0.1, 0.15) is 30.7 Å². The molecule has 1 N–H and O–H groups in total. The molecule has 7 nitrogen and oxygen atoms in total. The molecule has 0 spiro atoms. The zero-order chi connectivity index (χ0) is 22.2. The molecule has 168 valence electrons. The molecule has 7 heteroatoms. The van der Waals surface area contributed by atoms with E-state index in [2.05, 4.69) is 26.4 Å². The highest BCUT2D eigenvalue weighted by atomic mass is 16.5. The Kier molecular flexibility index (Phi) is 7.51. The largest absolute Gasteiger partial charge is 0.496 e. The minimum Gasteiger partial charge on any atom is -0.496 e. The van der Waals surface area contributed by atoms with E-state index in [-0.39, 0.29) is 11.8 Å². The number of amides is 1. The molecule has 32 heavy (non-hydrogen) atoms. The summed E-state index contributed by atoms with van der Waals surface area (Å²) < 4.78 is 10.8. The molecule has 1 aliphatic rings. The summed E-state index contributed by atoms with van der Waals surface area (Å²) in [4.78, 5) is 19.5. The Bertz CT molecular complexity index is 1010. The van der Waals surface area contributed by atoms with Crippen LogP contribution in [0.3, 0.4) is 0 Å². The Morgan fingerprint density at radius 1 is 1.19 bits per heavy atom. The topological polar surface area (TPSA) is 80.5 Å². The number of likely N-dealkylation sites (tertiary alicyclic amines) is 1. The van der Waals surface area contributed by atoms with Gasteiger partial charge >= 0.3 is 0 Å². The van der Waals surface area contributed by atoms with Crippen molar-refractivity contribution in [3.05, 3.63) is 66.1 Å². The Labute approximate surface area is 188 Å². The van der Waals surface area contributed by atoms with E-state index in [1.165, 1.54) is 5.56 Å². The number of piperidine rings is 1. The molecule has 0 radical (unpaired) electrons. The van der Waals surface area contributed by atoms with Crippen LogP contribution in [-0.2, 0) is 17.8 Å². The van der Waals surface area contributed by atoms with E-state index >= 15 is 0 Å². The molecule has 0 saturated carbocycles. The number of hydrogen-bond donors (Lipinski definition) is 1. The summed E-state index contributed by atoms with van der Waals surface area (Å²) in [5.41, 5.74) is 2.11. The van der Waals surface area contributed by atoms with Gasteiger partial charge in [0.05, 0.1) is 19.6 Å². The molecule has 0 bridgehead atoms. The molecule has 1 aliphatic heterocycles. The summed E-state index contributed by atoms with van der Waals surface area (Å²) in [6.45, 7) is 2.87. The highest BCUT2D eigenvalue weighted by Gasteiger charge is 2.26. The van der Waals surface area contributed by atoms with Crippen molar-refractivity contribution in [3.8, 4) is 17.1 Å². The number of aryl methyl sites for hydroxylation is 1. The lowest BCUT2D eigenvalue weighted by molar-refractivity contribution is -0.126. The number of rotatable bonds is 9. The van der Waals surface area contributed by atoms with E-state index < -0.39 is 0 Å². The number of methoxy groups -OCH3 is 1. The Morgan fingerprint density at radius 3 is 2.84 bits per heavy atom. The lowest BCUT2D eigenvalue weighted by Crippen LogP contribution is -2.43. The van der Waals surface area contributed by atoms with Crippen LogP contribution in [0.25, 0.3) is 11.4 Å². The second-order valence-electron chi connectivity index (χ2n) is 8.16. The first-order chi connectivity index (χ1) is 15.7. The summed E-state index contributed by atoms with van der Waals surface area (Å²) >= 11 is 0. The van der Waals surface area contributed by atoms with Gasteiger partial charge in [0.2, 0.25) is 17.6 Å². The smallest absolute Gasteiger partial charge is 0.241 e. The standard InChI is InChI=1S/C25H30N4O3/c1-31-22-14-6-5-9-19(22)12-7-15-26-25(30)21-13-8-16-29(17-21)18-23-27-24(28-32-23)20-10-3-2-4-11-20/h2-6,9-11,14,21H,7-8,12-13,15-18H2,1H3,(H,26,30). The Morgan fingerprint density at radius 2 is 2.00 bits per heavy atom. The number of carbonyl (C=O) groups excluding carboxylic acids is 1. The van der Waals surface area contributed by atoms with Gasteiger partial charge in [0.15, 0.2) is 0 Å². The van der Waals surface area contributed by atoms with Crippen molar-refractivity contribution in [1.82, 2.24) is 20.4 Å². The lowest BCUT2D eigenvalue weighted by atomic mass is 9.97. The van der Waals surface area contributed by atoms with Crippen LogP contribution < -0.4 is 10.1 Å². The highest BCUT2D eigenvalue weighted by molar-refractivity contribution is 5.78. The summed E-state index contributed by atoms with van der Waals surface area (Å²) in [5.74, 6) is 2.21. The number of nitrogens with zero attached hydrogens (tertiary/aromatic N) is 3. The van der Waals surface area contributed by atoms with E-state index in [0.717, 1.165) is 43.5 Å². The molecule has 1 saturated heterocycles. The predicted octanol–water partition coefficient (Wildman–Crippen LogP) is 3.71. The molecule has 1 unspecified atom stereocenters. The third-order valence-electron chi connectivity index (χ3n) is 5.85. The zero-order valence-electron chi connectivity index (χ0n) is 18.5. The summed E-state index contributed by atoms with van der Waals surface area (Å²) in [5, 5.41) is 7.20. The summed E-state index contributed by atoms with van der Waals surface area (Å²) in [6.07, 6.45) is 3.65. The molecule has 1 fully saturated rings. The van der Waals surface area contributed by atoms with Crippen LogP contribution in [0.15, 0.2) is 59.1 Å². The maximum atomic E-state index is 12.7. The van der Waals surface area contributed by atoms with Gasteiger partial charge in [0.1, 0.15) is 5.75 Å². The predicted molar refractivity (Wildman–Crippen MR) is 122 cm³/mol. The number of carbonyl (C=O) groups is 1. The van der Waals surface area contributed by atoms with Gasteiger partial charge in [-0.3, -0.25) is 9.69 Å². The first-order valence-electron chi connectivity index (χ1n) is 11.2. The average molecular weight is 435 g/mol. The third kappa shape index (κ3) is 5.73. The fraction of sp³-hybridized carbons (Fsp3) is 0.400. The van der Waals surface area contributed by atoms with Crippen LogP contribution in [0, 0.1) is 5.92 Å². The fourth-order valence-electron chi connectivity index (χ4n) is 4.17. The van der Waals surface area contributed by atoms with Gasteiger partial charge < -0.3 is 14.6 Å². The van der Waals surface area contributed by atoms with E-state index in [0.29, 0.717) is 31.3 Å². The van der Waals surface area contributed by atoms with Crippen molar-refractivity contribution in [1.29, 1.82) is 0 Å². The van der Waals surface area contributed by atoms with Crippen molar-refractivity contribution in [2.24, 2.45) is 5.92 Å². The number of ether oxygens (including phenoxy) is 1. The van der Waals surface area contributed by atoms with Gasteiger partial charge in [-0.05, 0) is 43.9 Å². The van der Waals surface area contributed by atoms with Crippen molar-refractivity contribution >= 4 is 5.91 Å². The van der Waals surface area contributed by atoms with Crippen molar-refractivity contribution in [2.45, 2.75) is 32.2 Å². The molecule has 1 aromatic heterocycles. The van der Waals surface area contributed by atoms with Crippen LogP contribution >= 0.6 is 0 Å². The normalized spacial score (nSPS) is 16.6. The third-order valence-corrected chi connectivity index (χ3v) is 5.85. The van der Waals surface area contributed by atoms with Crippen molar-refractivity contribution in [3.63, 3.8) is 0 Å². The van der Waals surface area contributed by atoms with E-state index in [1.807, 2.05) is 48.5 Å². The van der Waals surface area contributed by atoms with E-state index in [9.17, 15) is 4.79 Å². The SMILES string of the molecule is COc1ccccc1CCCNC(=O)C1CCCN(Cc2nc(-c3ccccc3)no2)C1. The van der Waals surface area contributed by atoms with Crippen LogP contribution in [0.4, 0.5) is 0 Å². The van der Waals surface area contributed by atoms with E-state index in [1.54, 1.807) is 7.11 Å². The second kappa shape index (κ2) is 10.9. The lowest BCUT2D eigenvalue weighted by Gasteiger charge is -2.30. The van der Waals surface area contributed by atoms with Crippen LogP contribution in [0.5, 0.6) is 5.75 Å². The minimum absolute atomic E-state index is 0.00785. The highest BCUT2D eigenvalue weighted by Crippen LogP contribution is 2.21. The number of aromatic nitrogens is 2. The van der Waals surface area contributed by atoms with Gasteiger partial charge in [-0.15, -0.1) is 0 Å². The van der Waals surface area contributed by atoms with E-state index in [4.69, 9.17) is 9.26 Å². The minimum atomic E-state index is -0.00785. The quantitative estimate of drug-likeness (QED) is 0.517. The number of hydrogen-bond acceptors (Lipinski definition) is 6. The molecular weight excluding hydrogens is 404 g/mol. The second-order valence-corrected chi connectivity index (χ2v) is 8.16. The molecule has 2 heterocycles. The molecule has 3 aromatic rings. The number of benzene rings is 2. The van der Waals surface area contributed by atoms with Gasteiger partial charge in [-0.2, -0.15) is 4.98 Å². The molecule has 0 aliphatic carbocycles. The number of nitrogens with one attached hydrogen (secondary N) is 1. The first-order valence-corrected chi connectivity index (χ1v) is 11.2. The number of para-hydroxylation sites is 1. The van der Waals surface area contributed by atoms with Gasteiger partial charge in [-0.1, -0.05) is 53.7 Å². The molecule has 4 rings (SSSR count). The Hall–Kier alpha value is -3.19. The average Bonchev–Trinajstić information content (AvgIpc) is 3.31. The van der Waals surface area contributed by atoms with Gasteiger partial charge in [0, 0.05) is 18.7 Å². The maximum absolute atomic E-state index is 12.7. The van der Waals surface area contributed by atoms with Crippen molar-refractivity contribution < 1.29 is 14.1 Å². The van der Waals surface area contributed by atoms with Gasteiger partial charge in [0.25, 0.3) is 0 Å². The molecular formula is C25H30N4O3. The van der Waals surface area contributed by atoms with Crippen LogP contribution in [-0.4, -0.2) is 47.7 Å². The zero-order valence-corrected chi connectivity index (χ0v) is 18.5. The van der Waals surface area contributed by atoms with Gasteiger partial charge in [-0.25, -0.2) is 0 Å². The molecule has 1 amide bonds. The Balaban J connectivity index is 1.23. The maximum Gasteiger partial charge on any atom is 0.241 e. The fourth-order valence-corrected chi connectivity index (χ4v) is 4.17. The summed E-state index contributed by atoms with van der Waals surface area (Å²) in [6, 6.07) is 17.8. The van der Waals surface area contributed by atoms with Crippen LogP contribution in [0.2, 0.25) is 0 Å².